The number of anilines is 2. The van der Waals surface area contributed by atoms with Crippen LogP contribution in [0.3, 0.4) is 0 Å². The molecule has 4 rings (SSSR count). The summed E-state index contributed by atoms with van der Waals surface area (Å²) in [5, 5.41) is 11.9. The van der Waals surface area contributed by atoms with Crippen molar-refractivity contribution in [2.24, 2.45) is 5.92 Å². The first kappa shape index (κ1) is 20.8. The Morgan fingerprint density at radius 3 is 2.46 bits per heavy atom. The van der Waals surface area contributed by atoms with Crippen molar-refractivity contribution in [3.05, 3.63) is 29.6 Å². The van der Waals surface area contributed by atoms with Crippen LogP contribution in [0.5, 0.6) is 0 Å². The number of carbonyl (C=O) groups is 2. The predicted molar refractivity (Wildman–Crippen MR) is 115 cm³/mol. The van der Waals surface area contributed by atoms with Gasteiger partial charge < -0.3 is 16.0 Å². The molecule has 2 amide bonds. The number of benzene rings is 1. The molecule has 150 valence electrons. The van der Waals surface area contributed by atoms with E-state index in [0.29, 0.717) is 29.6 Å². The van der Waals surface area contributed by atoms with Gasteiger partial charge in [0.1, 0.15) is 0 Å². The molecule has 2 aliphatic rings. The summed E-state index contributed by atoms with van der Waals surface area (Å²) in [5.74, 6) is 0.441. The Balaban J connectivity index is 0.00000225. The lowest BCUT2D eigenvalue weighted by molar-refractivity contribution is -0.117. The van der Waals surface area contributed by atoms with Gasteiger partial charge in [-0.15, -0.1) is 23.7 Å². The molecule has 2 aliphatic heterocycles. The lowest BCUT2D eigenvalue weighted by Gasteiger charge is -2.28. The van der Waals surface area contributed by atoms with Crippen molar-refractivity contribution in [1.82, 2.24) is 10.3 Å². The molecule has 0 saturated carbocycles. The molecule has 3 heterocycles. The van der Waals surface area contributed by atoms with E-state index in [2.05, 4.69) is 20.9 Å². The number of nitrogens with one attached hydrogen (secondary N) is 3. The van der Waals surface area contributed by atoms with Crippen molar-refractivity contribution < 1.29 is 9.59 Å². The molecule has 8 heteroatoms. The van der Waals surface area contributed by atoms with E-state index in [1.807, 2.05) is 29.6 Å². The average molecular weight is 421 g/mol. The summed E-state index contributed by atoms with van der Waals surface area (Å²) in [5.41, 5.74) is 2.53. The highest BCUT2D eigenvalue weighted by atomic mass is 35.5. The number of nitrogens with zero attached hydrogens (tertiary/aromatic N) is 1. The molecule has 2 bridgehead atoms. The number of hydrogen-bond donors (Lipinski definition) is 3. The number of carbonyl (C=O) groups excluding carboxylic acids is 2. The fraction of sp³-hybridized carbons (Fsp3) is 0.450. The van der Waals surface area contributed by atoms with Crippen LogP contribution >= 0.6 is 23.7 Å². The summed E-state index contributed by atoms with van der Waals surface area (Å²) < 4.78 is 0. The minimum atomic E-state index is -0.0943. The number of halogens is 1. The molecule has 2 atom stereocenters. The molecule has 0 radical (unpaired) electrons. The van der Waals surface area contributed by atoms with Crippen molar-refractivity contribution in [2.45, 2.75) is 51.1 Å². The Morgan fingerprint density at radius 2 is 1.82 bits per heavy atom. The topological polar surface area (TPSA) is 83.1 Å². The molecule has 28 heavy (non-hydrogen) atoms. The summed E-state index contributed by atoms with van der Waals surface area (Å²) >= 11 is 1.44. The fourth-order valence-corrected chi connectivity index (χ4v) is 4.90. The fourth-order valence-electron chi connectivity index (χ4n) is 4.17. The van der Waals surface area contributed by atoms with Crippen LogP contribution in [-0.2, 0) is 9.59 Å². The Morgan fingerprint density at radius 1 is 1.14 bits per heavy atom. The zero-order valence-corrected chi connectivity index (χ0v) is 17.4. The Labute approximate surface area is 174 Å². The molecule has 6 nitrogen and oxygen atoms in total. The number of hydrogen-bond acceptors (Lipinski definition) is 5. The third-order valence-corrected chi connectivity index (χ3v) is 6.05. The highest BCUT2D eigenvalue weighted by Crippen LogP contribution is 2.33. The zero-order chi connectivity index (χ0) is 18.8. The van der Waals surface area contributed by atoms with Crippen LogP contribution < -0.4 is 16.0 Å². The molecule has 0 spiro atoms. The summed E-state index contributed by atoms with van der Waals surface area (Å²) in [6, 6.07) is 8.73. The van der Waals surface area contributed by atoms with Gasteiger partial charge in [0, 0.05) is 42.1 Å². The molecule has 1 aromatic carbocycles. The summed E-state index contributed by atoms with van der Waals surface area (Å²) in [4.78, 5) is 28.0. The van der Waals surface area contributed by atoms with Crippen LogP contribution in [0, 0.1) is 5.92 Å². The first-order valence-corrected chi connectivity index (χ1v) is 10.3. The second-order valence-electron chi connectivity index (χ2n) is 7.52. The van der Waals surface area contributed by atoms with Crippen molar-refractivity contribution in [1.29, 1.82) is 0 Å². The van der Waals surface area contributed by atoms with Crippen LogP contribution in [0.25, 0.3) is 11.3 Å². The van der Waals surface area contributed by atoms with Gasteiger partial charge in [0.25, 0.3) is 0 Å². The zero-order valence-electron chi connectivity index (χ0n) is 15.7. The van der Waals surface area contributed by atoms with Gasteiger partial charge in [-0.25, -0.2) is 4.98 Å². The van der Waals surface area contributed by atoms with Crippen LogP contribution in [0.1, 0.15) is 39.0 Å². The summed E-state index contributed by atoms with van der Waals surface area (Å²) in [7, 11) is 0. The number of rotatable bonds is 5. The predicted octanol–water partition coefficient (Wildman–Crippen LogP) is 4.05. The standard InChI is InChI=1S/C20H24N4O2S.ClH/c1-12(25)21-15-4-2-14(3-5-15)18-11-27-20(23-18)24-19(26)10-13-8-16-6-7-17(9-13)22-16;/h2-5,11,13,16-17,22H,6-10H2,1H3,(H,21,25)(H,23,24,26);1H. The first-order chi connectivity index (χ1) is 13.0. The van der Waals surface area contributed by atoms with Gasteiger partial charge in [0.15, 0.2) is 5.13 Å². The van der Waals surface area contributed by atoms with Gasteiger partial charge in [-0.3, -0.25) is 9.59 Å². The summed E-state index contributed by atoms with van der Waals surface area (Å²) in [6.45, 7) is 1.48. The van der Waals surface area contributed by atoms with Crippen LogP contribution in [0.2, 0.25) is 0 Å². The monoisotopic (exact) mass is 420 g/mol. The van der Waals surface area contributed by atoms with Gasteiger partial charge >= 0.3 is 0 Å². The number of piperidine rings is 1. The molecular weight excluding hydrogens is 396 g/mol. The maximum atomic E-state index is 12.4. The van der Waals surface area contributed by atoms with Gasteiger partial charge in [-0.05, 0) is 43.7 Å². The van der Waals surface area contributed by atoms with E-state index in [4.69, 9.17) is 0 Å². The number of aromatic nitrogens is 1. The lowest BCUT2D eigenvalue weighted by Crippen LogP contribution is -2.39. The largest absolute Gasteiger partial charge is 0.326 e. The van der Waals surface area contributed by atoms with Crippen LogP contribution in [0.15, 0.2) is 29.6 Å². The molecule has 0 aliphatic carbocycles. The number of fused-ring (bicyclic) bond motifs is 2. The molecule has 2 saturated heterocycles. The molecule has 1 aromatic heterocycles. The third-order valence-electron chi connectivity index (χ3n) is 5.30. The van der Waals surface area contributed by atoms with E-state index in [1.54, 1.807) is 0 Å². The average Bonchev–Trinajstić information content (AvgIpc) is 3.21. The van der Waals surface area contributed by atoms with Gasteiger partial charge in [0.05, 0.1) is 5.69 Å². The van der Waals surface area contributed by atoms with E-state index in [-0.39, 0.29) is 24.2 Å². The minimum absolute atomic E-state index is 0. The molecular formula is C20H25ClN4O2S. The highest BCUT2D eigenvalue weighted by Gasteiger charge is 2.34. The maximum absolute atomic E-state index is 12.4. The Bertz CT molecular complexity index is 827. The SMILES string of the molecule is CC(=O)Nc1ccc(-c2csc(NC(=O)CC3CC4CCC(C3)N4)n2)cc1.Cl. The lowest BCUT2D eigenvalue weighted by atomic mass is 9.89. The Kier molecular flexibility index (Phi) is 6.69. The van der Waals surface area contributed by atoms with E-state index >= 15 is 0 Å². The van der Waals surface area contributed by atoms with E-state index < -0.39 is 0 Å². The number of thiazole rings is 1. The Hall–Kier alpha value is -1.96. The second-order valence-corrected chi connectivity index (χ2v) is 8.38. The van der Waals surface area contributed by atoms with Crippen molar-refractivity contribution in [3.8, 4) is 11.3 Å². The van der Waals surface area contributed by atoms with Crippen molar-refractivity contribution >= 4 is 46.4 Å². The second kappa shape index (κ2) is 9.03. The van der Waals surface area contributed by atoms with Crippen molar-refractivity contribution in [2.75, 3.05) is 10.6 Å². The van der Waals surface area contributed by atoms with Crippen molar-refractivity contribution in [3.63, 3.8) is 0 Å². The van der Waals surface area contributed by atoms with Gasteiger partial charge in [-0.2, -0.15) is 0 Å². The number of amides is 2. The van der Waals surface area contributed by atoms with Gasteiger partial charge in [0.2, 0.25) is 11.8 Å². The van der Waals surface area contributed by atoms with Crippen LogP contribution in [0.4, 0.5) is 10.8 Å². The summed E-state index contributed by atoms with van der Waals surface area (Å²) in [6.07, 6.45) is 5.29. The maximum Gasteiger partial charge on any atom is 0.226 e. The molecule has 2 fully saturated rings. The molecule has 2 unspecified atom stereocenters. The van der Waals surface area contributed by atoms with Gasteiger partial charge in [-0.1, -0.05) is 12.1 Å². The molecule has 2 aromatic rings. The quantitative estimate of drug-likeness (QED) is 0.681. The smallest absolute Gasteiger partial charge is 0.226 e. The minimum Gasteiger partial charge on any atom is -0.326 e. The highest BCUT2D eigenvalue weighted by molar-refractivity contribution is 7.14. The third kappa shape index (κ3) is 5.10. The molecule has 3 N–H and O–H groups in total. The van der Waals surface area contributed by atoms with E-state index in [1.165, 1.54) is 31.1 Å². The first-order valence-electron chi connectivity index (χ1n) is 9.44. The normalized spacial score (nSPS) is 23.0. The van der Waals surface area contributed by atoms with E-state index in [0.717, 1.165) is 29.8 Å². The van der Waals surface area contributed by atoms with E-state index in [9.17, 15) is 9.59 Å². The van der Waals surface area contributed by atoms with Crippen LogP contribution in [-0.4, -0.2) is 28.9 Å².